The van der Waals surface area contributed by atoms with Gasteiger partial charge in [-0.2, -0.15) is 0 Å². The molecule has 0 bridgehead atoms. The maximum Gasteiger partial charge on any atom is 0.123 e. The van der Waals surface area contributed by atoms with Gasteiger partial charge in [0.05, 0.1) is 0 Å². The summed E-state index contributed by atoms with van der Waals surface area (Å²) >= 11 is 5.40. The number of rotatable bonds is 1. The first-order chi connectivity index (χ1) is 4.09. The van der Waals surface area contributed by atoms with E-state index in [0.717, 1.165) is 0 Å². The summed E-state index contributed by atoms with van der Waals surface area (Å²) in [4.78, 5) is 3.68. The minimum absolute atomic E-state index is 0.193. The van der Waals surface area contributed by atoms with Gasteiger partial charge >= 0.3 is 0 Å². The minimum Gasteiger partial charge on any atom is -0.389 e. The third kappa shape index (κ3) is 2.37. The molecule has 0 saturated heterocycles. The molecule has 0 fully saturated rings. The number of hydrogen-bond acceptors (Lipinski definition) is 2. The van der Waals surface area contributed by atoms with Crippen LogP contribution in [-0.4, -0.2) is 12.9 Å². The van der Waals surface area contributed by atoms with Crippen LogP contribution in [0, 0.1) is 0 Å². The van der Waals surface area contributed by atoms with Crippen molar-refractivity contribution in [3.63, 3.8) is 0 Å². The van der Waals surface area contributed by atoms with Gasteiger partial charge in [0.15, 0.2) is 0 Å². The summed E-state index contributed by atoms with van der Waals surface area (Å²) in [5.74, 6) is 0.377. The lowest BCUT2D eigenvalue weighted by molar-refractivity contribution is 1.33. The van der Waals surface area contributed by atoms with Crippen LogP contribution in [0.2, 0.25) is 0 Å². The minimum atomic E-state index is 0.193. The smallest absolute Gasteiger partial charge is 0.123 e. The van der Waals surface area contributed by atoms with Crippen LogP contribution < -0.4 is 11.5 Å². The normalized spacial score (nSPS) is 15.2. The zero-order valence-electron chi connectivity index (χ0n) is 5.48. The predicted molar refractivity (Wildman–Crippen MR) is 40.3 cm³/mol. The fraction of sp³-hybridized carbons (Fsp3) is 0.400. The Hall–Kier alpha value is -0.700. The fourth-order valence-electron chi connectivity index (χ4n) is 0.290. The molecule has 0 rings (SSSR count). The number of nitrogens with two attached hydrogens (primary N) is 2. The van der Waals surface area contributed by atoms with Crippen LogP contribution in [0.1, 0.15) is 6.92 Å². The van der Waals surface area contributed by atoms with Crippen molar-refractivity contribution in [3.8, 4) is 0 Å². The Kier molecular flexibility index (Phi) is 3.09. The van der Waals surface area contributed by atoms with Crippen molar-refractivity contribution in [2.24, 2.45) is 16.5 Å². The zero-order valence-corrected chi connectivity index (χ0v) is 6.24. The molecule has 0 unspecified atom stereocenters. The van der Waals surface area contributed by atoms with E-state index in [1.54, 1.807) is 14.0 Å². The second-order valence-electron chi connectivity index (χ2n) is 1.58. The summed E-state index contributed by atoms with van der Waals surface area (Å²) in [7, 11) is 1.58. The average molecular weight is 148 g/mol. The van der Waals surface area contributed by atoms with E-state index in [0.29, 0.717) is 11.4 Å². The molecule has 4 heteroatoms. The standard InChI is InChI=1S/C5H10ClN3/c1-3(4(6)7)5(8)9-2/h7H2,1-2H3,(H2,8,9). The molecule has 0 aromatic rings. The first-order valence-electron chi connectivity index (χ1n) is 2.44. The zero-order chi connectivity index (χ0) is 7.44. The van der Waals surface area contributed by atoms with E-state index in [2.05, 4.69) is 4.99 Å². The van der Waals surface area contributed by atoms with Gasteiger partial charge in [-0.1, -0.05) is 11.6 Å². The highest BCUT2D eigenvalue weighted by atomic mass is 35.5. The largest absolute Gasteiger partial charge is 0.389 e. The quantitative estimate of drug-likeness (QED) is 0.321. The van der Waals surface area contributed by atoms with E-state index >= 15 is 0 Å². The van der Waals surface area contributed by atoms with Crippen molar-refractivity contribution in [1.82, 2.24) is 0 Å². The van der Waals surface area contributed by atoms with Crippen molar-refractivity contribution in [2.45, 2.75) is 6.92 Å². The Bertz CT molecular complexity index is 156. The second kappa shape index (κ2) is 3.35. The molecule has 0 aromatic heterocycles. The van der Waals surface area contributed by atoms with E-state index in [-0.39, 0.29) is 5.16 Å². The highest BCUT2D eigenvalue weighted by molar-refractivity contribution is 6.31. The molecule has 0 aromatic carbocycles. The SMILES string of the molecule is CN=C(N)C(C)=C(N)Cl. The first kappa shape index (κ1) is 8.30. The molecule has 0 aliphatic rings. The molecule has 0 atom stereocenters. The fourth-order valence-corrected chi connectivity index (χ4v) is 0.387. The van der Waals surface area contributed by atoms with Gasteiger partial charge in [-0.05, 0) is 6.92 Å². The summed E-state index contributed by atoms with van der Waals surface area (Å²) in [6.45, 7) is 1.71. The van der Waals surface area contributed by atoms with E-state index in [1.165, 1.54) is 0 Å². The van der Waals surface area contributed by atoms with E-state index in [4.69, 9.17) is 23.1 Å². The molecule has 0 aliphatic heterocycles. The van der Waals surface area contributed by atoms with Crippen LogP contribution in [0.4, 0.5) is 0 Å². The monoisotopic (exact) mass is 147 g/mol. The van der Waals surface area contributed by atoms with Gasteiger partial charge < -0.3 is 11.5 Å². The molecule has 4 N–H and O–H groups in total. The van der Waals surface area contributed by atoms with Gasteiger partial charge in [-0.25, -0.2) is 0 Å². The summed E-state index contributed by atoms with van der Waals surface area (Å²) < 4.78 is 0. The van der Waals surface area contributed by atoms with Crippen molar-refractivity contribution >= 4 is 17.4 Å². The van der Waals surface area contributed by atoms with Gasteiger partial charge in [0.2, 0.25) is 0 Å². The lowest BCUT2D eigenvalue weighted by Crippen LogP contribution is -2.15. The third-order valence-corrected chi connectivity index (χ3v) is 1.27. The molecular formula is C5H10ClN3. The van der Waals surface area contributed by atoms with Gasteiger partial charge in [0.1, 0.15) is 11.0 Å². The molecule has 52 valence electrons. The second-order valence-corrected chi connectivity index (χ2v) is 1.99. The van der Waals surface area contributed by atoms with Crippen molar-refractivity contribution in [2.75, 3.05) is 7.05 Å². The van der Waals surface area contributed by atoms with Crippen LogP contribution in [0.5, 0.6) is 0 Å². The van der Waals surface area contributed by atoms with Crippen LogP contribution in [0.3, 0.4) is 0 Å². The lowest BCUT2D eigenvalue weighted by Gasteiger charge is -1.97. The maximum atomic E-state index is 5.40. The molecule has 0 amide bonds. The van der Waals surface area contributed by atoms with Gasteiger partial charge in [-0.3, -0.25) is 4.99 Å². The summed E-state index contributed by atoms with van der Waals surface area (Å²) in [5.41, 5.74) is 11.2. The predicted octanol–water partition coefficient (Wildman–Crippen LogP) is 0.402. The van der Waals surface area contributed by atoms with E-state index in [9.17, 15) is 0 Å². The highest BCUT2D eigenvalue weighted by Crippen LogP contribution is 2.00. The number of hydrogen-bond donors (Lipinski definition) is 2. The van der Waals surface area contributed by atoms with Gasteiger partial charge in [-0.15, -0.1) is 0 Å². The molecule has 0 saturated carbocycles. The molecule has 3 nitrogen and oxygen atoms in total. The molecule has 0 aliphatic carbocycles. The van der Waals surface area contributed by atoms with E-state index in [1.807, 2.05) is 0 Å². The molecule has 0 heterocycles. The van der Waals surface area contributed by atoms with E-state index < -0.39 is 0 Å². The van der Waals surface area contributed by atoms with Crippen molar-refractivity contribution in [1.29, 1.82) is 0 Å². The molecule has 0 spiro atoms. The topological polar surface area (TPSA) is 64.4 Å². The van der Waals surface area contributed by atoms with Gasteiger partial charge in [0.25, 0.3) is 0 Å². The van der Waals surface area contributed by atoms with Crippen LogP contribution in [-0.2, 0) is 0 Å². The Labute approximate surface area is 59.4 Å². The summed E-state index contributed by atoms with van der Waals surface area (Å²) in [6.07, 6.45) is 0. The maximum absolute atomic E-state index is 5.40. The average Bonchev–Trinajstić information content (AvgIpc) is 1.84. The van der Waals surface area contributed by atoms with Crippen molar-refractivity contribution < 1.29 is 0 Å². The van der Waals surface area contributed by atoms with Crippen LogP contribution >= 0.6 is 11.6 Å². The number of halogens is 1. The lowest BCUT2D eigenvalue weighted by atomic mass is 10.3. The number of aliphatic imine (C=N–C) groups is 1. The van der Waals surface area contributed by atoms with Crippen LogP contribution in [0.15, 0.2) is 15.7 Å². The highest BCUT2D eigenvalue weighted by Gasteiger charge is 1.96. The number of amidine groups is 1. The van der Waals surface area contributed by atoms with Crippen LogP contribution in [0.25, 0.3) is 0 Å². The molecule has 0 radical (unpaired) electrons. The first-order valence-corrected chi connectivity index (χ1v) is 2.82. The Morgan fingerprint density at radius 3 is 2.00 bits per heavy atom. The third-order valence-electron chi connectivity index (χ3n) is 0.983. The molecular weight excluding hydrogens is 138 g/mol. The Balaban J connectivity index is 4.40. The summed E-state index contributed by atoms with van der Waals surface area (Å²) in [6, 6.07) is 0. The Morgan fingerprint density at radius 2 is 1.89 bits per heavy atom. The Morgan fingerprint density at radius 1 is 1.44 bits per heavy atom. The summed E-state index contributed by atoms with van der Waals surface area (Å²) in [5, 5.41) is 0.193. The van der Waals surface area contributed by atoms with Gasteiger partial charge in [0, 0.05) is 12.6 Å². The number of nitrogens with zero attached hydrogens (tertiary/aromatic N) is 1. The van der Waals surface area contributed by atoms with Crippen molar-refractivity contribution in [3.05, 3.63) is 10.7 Å². The molecule has 9 heavy (non-hydrogen) atoms.